The maximum absolute atomic E-state index is 12.6. The van der Waals surface area contributed by atoms with E-state index in [2.05, 4.69) is 39.7 Å². The second kappa shape index (κ2) is 5.55. The van der Waals surface area contributed by atoms with Crippen molar-refractivity contribution in [1.82, 2.24) is 9.88 Å². The highest BCUT2D eigenvalue weighted by atomic mass is 79.9. The number of amides is 1. The average Bonchev–Trinajstić information content (AvgIpc) is 3.16. The zero-order valence-corrected chi connectivity index (χ0v) is 13.8. The van der Waals surface area contributed by atoms with Gasteiger partial charge in [-0.05, 0) is 65.9 Å². The van der Waals surface area contributed by atoms with Gasteiger partial charge in [0.25, 0.3) is 5.91 Å². The van der Waals surface area contributed by atoms with Crippen LogP contribution in [-0.2, 0) is 0 Å². The number of aromatic nitrogens is 1. The summed E-state index contributed by atoms with van der Waals surface area (Å²) >= 11 is 3.49. The number of nitrogens with one attached hydrogen (secondary N) is 1. The van der Waals surface area contributed by atoms with Crippen LogP contribution < -0.4 is 5.32 Å². The van der Waals surface area contributed by atoms with Crippen molar-refractivity contribution in [1.29, 1.82) is 0 Å². The van der Waals surface area contributed by atoms with Gasteiger partial charge in [0.05, 0.1) is 0 Å². The molecule has 0 radical (unpaired) electrons. The standard InChI is InChI=1S/C16H23BrN2O/c1-10-3-6-14(11(2)7-10)18-16(20)15-8-12(17)9-19(15)13-4-5-13/h8-11,13-14H,3-7H2,1-2H3,(H,18,20). The van der Waals surface area contributed by atoms with Crippen LogP contribution in [0.3, 0.4) is 0 Å². The first-order chi connectivity index (χ1) is 9.54. The summed E-state index contributed by atoms with van der Waals surface area (Å²) in [6.45, 7) is 4.57. The van der Waals surface area contributed by atoms with Crippen molar-refractivity contribution in [3.8, 4) is 0 Å². The van der Waals surface area contributed by atoms with E-state index in [1.807, 2.05) is 12.3 Å². The van der Waals surface area contributed by atoms with E-state index in [-0.39, 0.29) is 5.91 Å². The number of hydrogen-bond donors (Lipinski definition) is 1. The minimum absolute atomic E-state index is 0.0917. The van der Waals surface area contributed by atoms with E-state index in [0.29, 0.717) is 18.0 Å². The largest absolute Gasteiger partial charge is 0.348 e. The van der Waals surface area contributed by atoms with Crippen molar-refractivity contribution in [3.05, 3.63) is 22.4 Å². The van der Waals surface area contributed by atoms with Gasteiger partial charge in [0, 0.05) is 22.8 Å². The summed E-state index contributed by atoms with van der Waals surface area (Å²) in [6.07, 6.45) is 7.98. The second-order valence-corrected chi connectivity index (χ2v) is 7.57. The molecular weight excluding hydrogens is 316 g/mol. The third kappa shape index (κ3) is 2.95. The fourth-order valence-corrected chi connectivity index (χ4v) is 3.84. The molecule has 3 atom stereocenters. The van der Waals surface area contributed by atoms with Crippen LogP contribution >= 0.6 is 15.9 Å². The zero-order valence-electron chi connectivity index (χ0n) is 12.2. The number of carbonyl (C=O) groups excluding carboxylic acids is 1. The minimum atomic E-state index is 0.0917. The molecule has 4 heteroatoms. The molecule has 1 amide bonds. The molecule has 1 aromatic heterocycles. The third-order valence-corrected chi connectivity index (χ3v) is 5.17. The van der Waals surface area contributed by atoms with Gasteiger partial charge < -0.3 is 9.88 Å². The molecule has 1 heterocycles. The minimum Gasteiger partial charge on any atom is -0.348 e. The lowest BCUT2D eigenvalue weighted by atomic mass is 9.80. The fourth-order valence-electron chi connectivity index (χ4n) is 3.40. The average molecular weight is 339 g/mol. The van der Waals surface area contributed by atoms with Gasteiger partial charge in [-0.25, -0.2) is 0 Å². The lowest BCUT2D eigenvalue weighted by Gasteiger charge is -2.33. The summed E-state index contributed by atoms with van der Waals surface area (Å²) in [7, 11) is 0. The summed E-state index contributed by atoms with van der Waals surface area (Å²) in [4.78, 5) is 12.6. The van der Waals surface area contributed by atoms with E-state index in [0.717, 1.165) is 22.5 Å². The van der Waals surface area contributed by atoms with Crippen molar-refractivity contribution in [2.24, 2.45) is 11.8 Å². The molecular formula is C16H23BrN2O. The van der Waals surface area contributed by atoms with Gasteiger partial charge in [0.2, 0.25) is 0 Å². The maximum atomic E-state index is 12.6. The Labute approximate surface area is 129 Å². The van der Waals surface area contributed by atoms with Gasteiger partial charge >= 0.3 is 0 Å². The van der Waals surface area contributed by atoms with Crippen LogP contribution in [0.2, 0.25) is 0 Å². The van der Waals surface area contributed by atoms with Crippen LogP contribution in [0.5, 0.6) is 0 Å². The first-order valence-corrected chi connectivity index (χ1v) is 8.52. The molecule has 2 fully saturated rings. The Hall–Kier alpha value is -0.770. The Morgan fingerprint density at radius 2 is 2.05 bits per heavy atom. The lowest BCUT2D eigenvalue weighted by Crippen LogP contribution is -2.43. The van der Waals surface area contributed by atoms with Gasteiger partial charge in [-0.15, -0.1) is 0 Å². The van der Waals surface area contributed by atoms with Gasteiger partial charge in [-0.2, -0.15) is 0 Å². The number of carbonyl (C=O) groups is 1. The molecule has 3 nitrogen and oxygen atoms in total. The van der Waals surface area contributed by atoms with E-state index < -0.39 is 0 Å². The van der Waals surface area contributed by atoms with Crippen LogP contribution in [0, 0.1) is 11.8 Å². The monoisotopic (exact) mass is 338 g/mol. The summed E-state index contributed by atoms with van der Waals surface area (Å²) in [5.41, 5.74) is 0.810. The van der Waals surface area contributed by atoms with Crippen LogP contribution in [0.15, 0.2) is 16.7 Å². The van der Waals surface area contributed by atoms with Gasteiger partial charge in [-0.1, -0.05) is 13.8 Å². The SMILES string of the molecule is CC1CCC(NC(=O)c2cc(Br)cn2C2CC2)C(C)C1. The molecule has 0 aromatic carbocycles. The number of halogens is 1. The summed E-state index contributed by atoms with van der Waals surface area (Å²) in [6, 6.07) is 2.81. The smallest absolute Gasteiger partial charge is 0.268 e. The highest BCUT2D eigenvalue weighted by molar-refractivity contribution is 9.10. The van der Waals surface area contributed by atoms with Crippen LogP contribution in [0.1, 0.15) is 62.5 Å². The highest BCUT2D eigenvalue weighted by Gasteiger charge is 2.30. The Morgan fingerprint density at radius 3 is 2.70 bits per heavy atom. The van der Waals surface area contributed by atoms with Crippen molar-refractivity contribution in [2.75, 3.05) is 0 Å². The Balaban J connectivity index is 1.70. The number of nitrogens with zero attached hydrogens (tertiary/aromatic N) is 1. The molecule has 2 saturated carbocycles. The van der Waals surface area contributed by atoms with Crippen molar-refractivity contribution in [2.45, 2.75) is 58.0 Å². The van der Waals surface area contributed by atoms with E-state index in [1.165, 1.54) is 25.7 Å². The quantitative estimate of drug-likeness (QED) is 0.882. The highest BCUT2D eigenvalue weighted by Crippen LogP contribution is 2.37. The molecule has 0 bridgehead atoms. The molecule has 3 rings (SSSR count). The maximum Gasteiger partial charge on any atom is 0.268 e. The predicted molar refractivity (Wildman–Crippen MR) is 83.8 cm³/mol. The van der Waals surface area contributed by atoms with Gasteiger partial charge in [0.1, 0.15) is 5.69 Å². The predicted octanol–water partition coefficient (Wildman–Crippen LogP) is 4.14. The van der Waals surface area contributed by atoms with E-state index in [9.17, 15) is 4.79 Å². The van der Waals surface area contributed by atoms with Crippen LogP contribution in [0.4, 0.5) is 0 Å². The normalized spacial score (nSPS) is 30.2. The van der Waals surface area contributed by atoms with Crippen molar-refractivity contribution >= 4 is 21.8 Å². The van der Waals surface area contributed by atoms with Crippen molar-refractivity contribution in [3.63, 3.8) is 0 Å². The summed E-state index contributed by atoms with van der Waals surface area (Å²) in [5.74, 6) is 1.46. The molecule has 110 valence electrons. The van der Waals surface area contributed by atoms with E-state index in [4.69, 9.17) is 0 Å². The lowest BCUT2D eigenvalue weighted by molar-refractivity contribution is 0.0890. The molecule has 20 heavy (non-hydrogen) atoms. The number of hydrogen-bond acceptors (Lipinski definition) is 1. The zero-order chi connectivity index (χ0) is 14.3. The van der Waals surface area contributed by atoms with E-state index in [1.54, 1.807) is 0 Å². The third-order valence-electron chi connectivity index (χ3n) is 4.74. The molecule has 0 saturated heterocycles. The fraction of sp³-hybridized carbons (Fsp3) is 0.688. The van der Waals surface area contributed by atoms with Crippen LogP contribution in [-0.4, -0.2) is 16.5 Å². The summed E-state index contributed by atoms with van der Waals surface area (Å²) < 4.78 is 3.13. The number of rotatable bonds is 3. The Kier molecular flexibility index (Phi) is 3.93. The second-order valence-electron chi connectivity index (χ2n) is 6.66. The summed E-state index contributed by atoms with van der Waals surface area (Å²) in [5, 5.41) is 3.26. The van der Waals surface area contributed by atoms with Gasteiger partial charge in [-0.3, -0.25) is 4.79 Å². The van der Waals surface area contributed by atoms with Crippen molar-refractivity contribution < 1.29 is 4.79 Å². The van der Waals surface area contributed by atoms with Gasteiger partial charge in [0.15, 0.2) is 0 Å². The first-order valence-electron chi connectivity index (χ1n) is 7.73. The topological polar surface area (TPSA) is 34.0 Å². The Bertz CT molecular complexity index is 507. The molecule has 0 spiro atoms. The molecule has 1 N–H and O–H groups in total. The molecule has 3 unspecified atom stereocenters. The molecule has 0 aliphatic heterocycles. The Morgan fingerprint density at radius 1 is 1.30 bits per heavy atom. The molecule has 1 aromatic rings. The van der Waals surface area contributed by atoms with Crippen LogP contribution in [0.25, 0.3) is 0 Å². The molecule has 2 aliphatic carbocycles. The first kappa shape index (κ1) is 14.2. The van der Waals surface area contributed by atoms with E-state index >= 15 is 0 Å². The molecule has 2 aliphatic rings.